The van der Waals surface area contributed by atoms with E-state index in [4.69, 9.17) is 4.74 Å². The molecule has 4 N–H and O–H groups in total. The van der Waals surface area contributed by atoms with Crippen LogP contribution in [0.4, 0.5) is 0 Å². The Morgan fingerprint density at radius 1 is 1.09 bits per heavy atom. The number of phenols is 2. The van der Waals surface area contributed by atoms with Crippen molar-refractivity contribution < 1.29 is 24.5 Å². The summed E-state index contributed by atoms with van der Waals surface area (Å²) in [6, 6.07) is 2.38. The molecule has 0 radical (unpaired) electrons. The highest BCUT2D eigenvalue weighted by molar-refractivity contribution is 6.02. The van der Waals surface area contributed by atoms with Crippen LogP contribution in [0.1, 0.15) is 29.6 Å². The molecule has 0 aliphatic carbocycles. The normalized spacial score (nSPS) is 17.8. The highest BCUT2D eigenvalue weighted by Crippen LogP contribution is 2.33. The Kier molecular flexibility index (Phi) is 5.60. The number of hydrogen-bond donors (Lipinski definition) is 4. The largest absolute Gasteiger partial charge is 0.508 e. The molecule has 0 atom stereocenters. The summed E-state index contributed by atoms with van der Waals surface area (Å²) in [6.07, 6.45) is 1.96. The van der Waals surface area contributed by atoms with E-state index in [0.717, 1.165) is 18.9 Å². The summed E-state index contributed by atoms with van der Waals surface area (Å²) in [5.74, 6) is -0.764. The lowest BCUT2D eigenvalue weighted by molar-refractivity contribution is -0.121. The van der Waals surface area contributed by atoms with Gasteiger partial charge in [-0.15, -0.1) is 0 Å². The van der Waals surface area contributed by atoms with Crippen LogP contribution in [0.5, 0.6) is 17.2 Å². The third-order valence-corrected chi connectivity index (χ3v) is 3.32. The zero-order chi connectivity index (χ0) is 15.9. The summed E-state index contributed by atoms with van der Waals surface area (Å²) in [4.78, 5) is 23.7. The monoisotopic (exact) mass is 308 g/mol. The maximum Gasteiger partial charge on any atom is 0.220 e. The first kappa shape index (κ1) is 16.1. The van der Waals surface area contributed by atoms with Gasteiger partial charge in [0, 0.05) is 18.6 Å². The number of ketones is 1. The topological polar surface area (TPSA) is 108 Å². The number of fused-ring (bicyclic) bond motifs is 1. The van der Waals surface area contributed by atoms with E-state index in [1.165, 1.54) is 6.07 Å². The molecule has 120 valence electrons. The molecule has 0 fully saturated rings. The third kappa shape index (κ3) is 4.36. The van der Waals surface area contributed by atoms with Gasteiger partial charge in [-0.2, -0.15) is 0 Å². The van der Waals surface area contributed by atoms with Gasteiger partial charge >= 0.3 is 0 Å². The highest BCUT2D eigenvalue weighted by atomic mass is 16.5. The Hall–Kier alpha value is -2.28. The van der Waals surface area contributed by atoms with Crippen molar-refractivity contribution in [2.24, 2.45) is 0 Å². The zero-order valence-electron chi connectivity index (χ0n) is 12.2. The van der Waals surface area contributed by atoms with Crippen molar-refractivity contribution in [2.45, 2.75) is 19.3 Å². The van der Waals surface area contributed by atoms with Crippen LogP contribution in [0.2, 0.25) is 0 Å². The van der Waals surface area contributed by atoms with Crippen molar-refractivity contribution in [1.82, 2.24) is 10.6 Å². The predicted octanol–water partition coefficient (Wildman–Crippen LogP) is 0.549. The van der Waals surface area contributed by atoms with Crippen LogP contribution in [0.3, 0.4) is 0 Å². The minimum Gasteiger partial charge on any atom is -0.508 e. The average molecular weight is 308 g/mol. The number of rotatable bonds is 0. The van der Waals surface area contributed by atoms with Crippen molar-refractivity contribution >= 4 is 11.7 Å². The number of aromatic hydroxyl groups is 2. The molecule has 0 spiro atoms. The lowest BCUT2D eigenvalue weighted by Gasteiger charge is -2.14. The molecule has 0 bridgehead atoms. The summed E-state index contributed by atoms with van der Waals surface area (Å²) >= 11 is 0. The molecular formula is C15H20N2O5. The summed E-state index contributed by atoms with van der Waals surface area (Å²) < 4.78 is 5.43. The second-order valence-corrected chi connectivity index (χ2v) is 5.09. The Labute approximate surface area is 128 Å². The van der Waals surface area contributed by atoms with Crippen LogP contribution in [0.15, 0.2) is 12.1 Å². The van der Waals surface area contributed by atoms with E-state index in [-0.39, 0.29) is 47.7 Å². The molecule has 7 nitrogen and oxygen atoms in total. The van der Waals surface area contributed by atoms with Gasteiger partial charge in [0.25, 0.3) is 0 Å². The number of amides is 1. The fraction of sp³-hybridized carbons (Fsp3) is 0.467. The van der Waals surface area contributed by atoms with E-state index >= 15 is 0 Å². The van der Waals surface area contributed by atoms with Gasteiger partial charge in [-0.25, -0.2) is 0 Å². The number of ether oxygens (including phenoxy) is 1. The van der Waals surface area contributed by atoms with Gasteiger partial charge in [0.15, 0.2) is 5.78 Å². The Morgan fingerprint density at radius 2 is 1.91 bits per heavy atom. The number of carbonyl (C=O) groups is 2. The van der Waals surface area contributed by atoms with Crippen LogP contribution in [0, 0.1) is 0 Å². The number of hydrogen-bond acceptors (Lipinski definition) is 6. The molecule has 7 heteroatoms. The van der Waals surface area contributed by atoms with Crippen molar-refractivity contribution in [3.8, 4) is 17.2 Å². The molecule has 1 heterocycles. The molecule has 0 saturated carbocycles. The van der Waals surface area contributed by atoms with Crippen LogP contribution in [-0.4, -0.2) is 48.1 Å². The lowest BCUT2D eigenvalue weighted by Crippen LogP contribution is -2.29. The summed E-state index contributed by atoms with van der Waals surface area (Å²) in [5.41, 5.74) is 0.0358. The fourth-order valence-electron chi connectivity index (χ4n) is 2.25. The van der Waals surface area contributed by atoms with E-state index in [1.54, 1.807) is 0 Å². The first-order chi connectivity index (χ1) is 10.6. The Bertz CT molecular complexity index is 559. The van der Waals surface area contributed by atoms with Gasteiger partial charge in [-0.3, -0.25) is 9.59 Å². The first-order valence-corrected chi connectivity index (χ1v) is 7.27. The van der Waals surface area contributed by atoms with Gasteiger partial charge in [0.2, 0.25) is 5.91 Å². The average Bonchev–Trinajstić information content (AvgIpc) is 2.45. The van der Waals surface area contributed by atoms with Crippen LogP contribution < -0.4 is 15.4 Å². The van der Waals surface area contributed by atoms with E-state index in [0.29, 0.717) is 19.5 Å². The molecular weight excluding hydrogens is 288 g/mol. The van der Waals surface area contributed by atoms with Crippen LogP contribution in [-0.2, 0) is 4.79 Å². The lowest BCUT2D eigenvalue weighted by atomic mass is 10.1. The maximum absolute atomic E-state index is 12.2. The molecule has 1 aromatic rings. The fourth-order valence-corrected chi connectivity index (χ4v) is 2.25. The molecule has 0 aromatic heterocycles. The summed E-state index contributed by atoms with van der Waals surface area (Å²) in [5, 5.41) is 25.1. The molecule has 22 heavy (non-hydrogen) atoms. The maximum atomic E-state index is 12.2. The van der Waals surface area contributed by atoms with Gasteiger partial charge in [0.1, 0.15) is 29.4 Å². The first-order valence-electron chi connectivity index (χ1n) is 7.27. The molecule has 1 aliphatic heterocycles. The van der Waals surface area contributed by atoms with Gasteiger partial charge < -0.3 is 25.6 Å². The second-order valence-electron chi connectivity index (χ2n) is 5.09. The van der Waals surface area contributed by atoms with E-state index in [2.05, 4.69) is 10.6 Å². The van der Waals surface area contributed by atoms with Crippen LogP contribution in [0.25, 0.3) is 0 Å². The number of phenolic OH excluding ortho intramolecular Hbond substituents is 2. The molecule has 0 unspecified atom stereocenters. The molecule has 1 amide bonds. The van der Waals surface area contributed by atoms with Crippen molar-refractivity contribution in [1.29, 1.82) is 0 Å². The van der Waals surface area contributed by atoms with Crippen LogP contribution >= 0.6 is 0 Å². The summed E-state index contributed by atoms with van der Waals surface area (Å²) in [6.45, 7) is 1.10. The smallest absolute Gasteiger partial charge is 0.220 e. The van der Waals surface area contributed by atoms with Gasteiger partial charge in [0.05, 0.1) is 13.1 Å². The Morgan fingerprint density at radius 3 is 2.73 bits per heavy atom. The highest BCUT2D eigenvalue weighted by Gasteiger charge is 2.19. The number of Topliss-reactive ketones (excluding diaryl/α,β-unsaturated/α-hetero) is 1. The SMILES string of the molecule is O=C1CCCCNCC(=O)c2c(O)cc(O)cc2OCCN1. The molecule has 1 aliphatic rings. The molecule has 1 aromatic carbocycles. The number of benzene rings is 1. The zero-order valence-corrected chi connectivity index (χ0v) is 12.2. The van der Waals surface area contributed by atoms with Crippen molar-refractivity contribution in [2.75, 3.05) is 26.2 Å². The second kappa shape index (κ2) is 7.65. The van der Waals surface area contributed by atoms with E-state index in [1.807, 2.05) is 0 Å². The minimum atomic E-state index is -0.321. The van der Waals surface area contributed by atoms with Gasteiger partial charge in [-0.1, -0.05) is 0 Å². The summed E-state index contributed by atoms with van der Waals surface area (Å²) in [7, 11) is 0. The van der Waals surface area contributed by atoms with E-state index in [9.17, 15) is 19.8 Å². The predicted molar refractivity (Wildman–Crippen MR) is 79.3 cm³/mol. The Balaban J connectivity index is 2.19. The number of carbonyl (C=O) groups excluding carboxylic acids is 2. The quantitative estimate of drug-likeness (QED) is 0.557. The third-order valence-electron chi connectivity index (χ3n) is 3.32. The molecule has 2 rings (SSSR count). The van der Waals surface area contributed by atoms with Gasteiger partial charge in [-0.05, 0) is 19.4 Å². The standard InChI is InChI=1S/C15H20N2O5/c18-10-7-11(19)15-12(20)9-16-4-2-1-3-14(21)17-5-6-22-13(15)8-10/h7-8,16,18-19H,1-6,9H2,(H,17,21). The van der Waals surface area contributed by atoms with E-state index < -0.39 is 0 Å². The molecule has 0 saturated heterocycles. The van der Waals surface area contributed by atoms with Crippen molar-refractivity contribution in [3.63, 3.8) is 0 Å². The van der Waals surface area contributed by atoms with Crippen molar-refractivity contribution in [3.05, 3.63) is 17.7 Å². The number of nitrogens with one attached hydrogen (secondary N) is 2. The minimum absolute atomic E-state index is 0.0358.